The maximum absolute atomic E-state index is 2.74. The zero-order valence-corrected chi connectivity index (χ0v) is 11.1. The smallest absolute Gasteiger partial charge is 0.0112 e. The minimum Gasteiger partial charge on any atom is -0.302 e. The molecule has 0 aromatic heterocycles. The Bertz CT molecular complexity index is 199. The topological polar surface area (TPSA) is 6.48 Å². The van der Waals surface area contributed by atoms with Crippen molar-refractivity contribution in [2.45, 2.75) is 52.0 Å². The van der Waals surface area contributed by atoms with E-state index >= 15 is 0 Å². The Balaban J connectivity index is 1.71. The molecule has 2 atom stereocenters. The lowest BCUT2D eigenvalue weighted by Crippen LogP contribution is -2.39. The van der Waals surface area contributed by atoms with Crippen LogP contribution in [-0.4, -0.2) is 48.6 Å². The van der Waals surface area contributed by atoms with Crippen molar-refractivity contribution in [1.82, 2.24) is 9.80 Å². The van der Waals surface area contributed by atoms with Gasteiger partial charge >= 0.3 is 0 Å². The molecular weight excluding hydrogens is 196 g/mol. The first-order valence-corrected chi connectivity index (χ1v) is 7.26. The van der Waals surface area contributed by atoms with Gasteiger partial charge in [-0.1, -0.05) is 20.3 Å². The predicted octanol–water partition coefficient (Wildman–Crippen LogP) is 2.59. The van der Waals surface area contributed by atoms with Gasteiger partial charge in [-0.05, 0) is 44.7 Å². The van der Waals surface area contributed by atoms with Crippen molar-refractivity contribution < 1.29 is 0 Å². The molecule has 94 valence electrons. The van der Waals surface area contributed by atoms with Crippen molar-refractivity contribution in [1.29, 1.82) is 0 Å². The second-order valence-electron chi connectivity index (χ2n) is 5.80. The Morgan fingerprint density at radius 2 is 1.81 bits per heavy atom. The second-order valence-corrected chi connectivity index (χ2v) is 5.80. The third-order valence-corrected chi connectivity index (χ3v) is 4.36. The Labute approximate surface area is 101 Å². The first-order chi connectivity index (χ1) is 7.79. The molecule has 0 saturated carbocycles. The van der Waals surface area contributed by atoms with Gasteiger partial charge in [-0.3, -0.25) is 4.90 Å². The molecule has 2 aliphatic heterocycles. The molecule has 0 amide bonds. The van der Waals surface area contributed by atoms with Crippen molar-refractivity contribution in [3.05, 3.63) is 0 Å². The van der Waals surface area contributed by atoms with Crippen LogP contribution >= 0.6 is 0 Å². The highest BCUT2D eigenvalue weighted by atomic mass is 15.2. The van der Waals surface area contributed by atoms with E-state index in [4.69, 9.17) is 0 Å². The summed E-state index contributed by atoms with van der Waals surface area (Å²) < 4.78 is 0. The fourth-order valence-corrected chi connectivity index (χ4v) is 3.39. The summed E-state index contributed by atoms with van der Waals surface area (Å²) in [4.78, 5) is 5.40. The summed E-state index contributed by atoms with van der Waals surface area (Å²) in [6, 6.07) is 0.875. The van der Waals surface area contributed by atoms with E-state index in [9.17, 15) is 0 Å². The molecule has 2 heterocycles. The maximum atomic E-state index is 2.74. The van der Waals surface area contributed by atoms with Crippen LogP contribution in [0.3, 0.4) is 0 Å². The summed E-state index contributed by atoms with van der Waals surface area (Å²) in [5, 5.41) is 0. The lowest BCUT2D eigenvalue weighted by Gasteiger charge is -2.30. The summed E-state index contributed by atoms with van der Waals surface area (Å²) in [5.41, 5.74) is 0. The van der Waals surface area contributed by atoms with Gasteiger partial charge in [0, 0.05) is 25.7 Å². The minimum absolute atomic E-state index is 0.875. The molecule has 2 fully saturated rings. The fraction of sp³-hybridized carbons (Fsp3) is 1.00. The van der Waals surface area contributed by atoms with Crippen LogP contribution in [0.25, 0.3) is 0 Å². The summed E-state index contributed by atoms with van der Waals surface area (Å²) in [6.07, 6.45) is 7.07. The molecule has 16 heavy (non-hydrogen) atoms. The lowest BCUT2D eigenvalue weighted by atomic mass is 10.1. The maximum Gasteiger partial charge on any atom is 0.0112 e. The van der Waals surface area contributed by atoms with Gasteiger partial charge in [-0.2, -0.15) is 0 Å². The Kier molecular flexibility index (Phi) is 4.66. The highest BCUT2D eigenvalue weighted by Gasteiger charge is 2.27. The first-order valence-electron chi connectivity index (χ1n) is 7.26. The average molecular weight is 224 g/mol. The van der Waals surface area contributed by atoms with Crippen molar-refractivity contribution in [3.8, 4) is 0 Å². The van der Waals surface area contributed by atoms with Gasteiger partial charge in [-0.25, -0.2) is 0 Å². The van der Waals surface area contributed by atoms with Gasteiger partial charge in [0.2, 0.25) is 0 Å². The van der Waals surface area contributed by atoms with E-state index in [2.05, 4.69) is 23.6 Å². The molecular formula is C14H28N2. The monoisotopic (exact) mass is 224 g/mol. The van der Waals surface area contributed by atoms with Crippen LogP contribution in [0.4, 0.5) is 0 Å². The summed E-state index contributed by atoms with van der Waals surface area (Å²) in [5.74, 6) is 0.923. The molecule has 2 saturated heterocycles. The van der Waals surface area contributed by atoms with E-state index in [0.29, 0.717) is 0 Å². The van der Waals surface area contributed by atoms with E-state index in [-0.39, 0.29) is 0 Å². The highest BCUT2D eigenvalue weighted by Crippen LogP contribution is 2.24. The molecule has 2 nitrogen and oxygen atoms in total. The first kappa shape index (κ1) is 12.4. The average Bonchev–Trinajstić information content (AvgIpc) is 2.68. The number of nitrogens with zero attached hydrogens (tertiary/aromatic N) is 2. The molecule has 0 radical (unpaired) electrons. The third kappa shape index (κ3) is 3.21. The Hall–Kier alpha value is -0.0800. The number of rotatable bonds is 4. The van der Waals surface area contributed by atoms with E-state index in [1.165, 1.54) is 64.8 Å². The van der Waals surface area contributed by atoms with Gasteiger partial charge in [0.05, 0.1) is 0 Å². The van der Waals surface area contributed by atoms with E-state index < -0.39 is 0 Å². The van der Waals surface area contributed by atoms with Gasteiger partial charge in [-0.15, -0.1) is 0 Å². The van der Waals surface area contributed by atoms with Crippen LogP contribution in [0.15, 0.2) is 0 Å². The highest BCUT2D eigenvalue weighted by molar-refractivity contribution is 4.83. The third-order valence-electron chi connectivity index (χ3n) is 4.36. The molecule has 0 bridgehead atoms. The van der Waals surface area contributed by atoms with E-state index in [1.807, 2.05) is 0 Å². The molecule has 0 aliphatic carbocycles. The predicted molar refractivity (Wildman–Crippen MR) is 69.7 cm³/mol. The number of piperidine rings is 1. The van der Waals surface area contributed by atoms with Gasteiger partial charge in [0.15, 0.2) is 0 Å². The Morgan fingerprint density at radius 3 is 2.50 bits per heavy atom. The van der Waals surface area contributed by atoms with Crippen LogP contribution in [0.5, 0.6) is 0 Å². The van der Waals surface area contributed by atoms with Crippen molar-refractivity contribution in [2.24, 2.45) is 5.92 Å². The fourth-order valence-electron chi connectivity index (χ4n) is 3.39. The minimum atomic E-state index is 0.875. The van der Waals surface area contributed by atoms with Crippen molar-refractivity contribution in [3.63, 3.8) is 0 Å². The SMILES string of the molecule is CC[C@H]1C[C@@H](C)CN1CCN1CCCCC1. The largest absolute Gasteiger partial charge is 0.302 e. The van der Waals surface area contributed by atoms with Gasteiger partial charge in [0.25, 0.3) is 0 Å². The zero-order chi connectivity index (χ0) is 11.4. The van der Waals surface area contributed by atoms with Gasteiger partial charge in [0.1, 0.15) is 0 Å². The molecule has 2 rings (SSSR count). The summed E-state index contributed by atoms with van der Waals surface area (Å²) >= 11 is 0. The van der Waals surface area contributed by atoms with E-state index in [1.54, 1.807) is 0 Å². The van der Waals surface area contributed by atoms with Crippen molar-refractivity contribution >= 4 is 0 Å². The normalized spacial score (nSPS) is 33.4. The van der Waals surface area contributed by atoms with Crippen LogP contribution in [-0.2, 0) is 0 Å². The molecule has 0 aromatic carbocycles. The van der Waals surface area contributed by atoms with Crippen LogP contribution in [0.1, 0.15) is 46.0 Å². The summed E-state index contributed by atoms with van der Waals surface area (Å²) in [7, 11) is 0. The van der Waals surface area contributed by atoms with E-state index in [0.717, 1.165) is 12.0 Å². The van der Waals surface area contributed by atoms with Crippen LogP contribution < -0.4 is 0 Å². The molecule has 2 aliphatic rings. The Morgan fingerprint density at radius 1 is 1.06 bits per heavy atom. The van der Waals surface area contributed by atoms with Gasteiger partial charge < -0.3 is 4.90 Å². The molecule has 0 N–H and O–H groups in total. The number of hydrogen-bond acceptors (Lipinski definition) is 2. The number of likely N-dealkylation sites (tertiary alicyclic amines) is 2. The second kappa shape index (κ2) is 6.02. The van der Waals surface area contributed by atoms with Crippen LogP contribution in [0.2, 0.25) is 0 Å². The molecule has 2 heteroatoms. The zero-order valence-electron chi connectivity index (χ0n) is 11.1. The molecule has 0 spiro atoms. The van der Waals surface area contributed by atoms with Crippen LogP contribution in [0, 0.1) is 5.92 Å². The standard InChI is InChI=1S/C14H28N2/c1-3-14-11-13(2)12-16(14)10-9-15-7-5-4-6-8-15/h13-14H,3-12H2,1-2H3/t13-,14+/m1/s1. The quantitative estimate of drug-likeness (QED) is 0.724. The summed E-state index contributed by atoms with van der Waals surface area (Å²) in [6.45, 7) is 11.4. The number of hydrogen-bond donors (Lipinski definition) is 0. The van der Waals surface area contributed by atoms with Crippen molar-refractivity contribution in [2.75, 3.05) is 32.7 Å². The molecule has 0 unspecified atom stereocenters. The lowest BCUT2D eigenvalue weighted by molar-refractivity contribution is 0.171. The molecule has 0 aromatic rings.